The van der Waals surface area contributed by atoms with Crippen LogP contribution in [-0.4, -0.2) is 14.2 Å². The quantitative estimate of drug-likeness (QED) is 0.830. The van der Waals surface area contributed by atoms with Crippen LogP contribution < -0.4 is 10.1 Å². The van der Waals surface area contributed by atoms with Gasteiger partial charge in [-0.2, -0.15) is 0 Å². The zero-order chi connectivity index (χ0) is 10.6. The highest BCUT2D eigenvalue weighted by molar-refractivity contribution is 6.32. The molecule has 1 aromatic carbocycles. The average molecular weight is 214 g/mol. The minimum atomic E-state index is 0.360. The highest BCUT2D eigenvalue weighted by Crippen LogP contribution is 2.28. The normalized spacial score (nSPS) is 12.6. The van der Waals surface area contributed by atoms with Crippen molar-refractivity contribution >= 4 is 11.6 Å². The maximum Gasteiger partial charge on any atom is 0.137 e. The van der Waals surface area contributed by atoms with Crippen molar-refractivity contribution in [3.63, 3.8) is 0 Å². The zero-order valence-corrected chi connectivity index (χ0v) is 9.56. The first-order chi connectivity index (χ1) is 6.72. The van der Waals surface area contributed by atoms with Crippen LogP contribution in [0.2, 0.25) is 5.02 Å². The van der Waals surface area contributed by atoms with Crippen molar-refractivity contribution < 1.29 is 4.74 Å². The highest BCUT2D eigenvalue weighted by Gasteiger charge is 2.08. The highest BCUT2D eigenvalue weighted by atomic mass is 35.5. The van der Waals surface area contributed by atoms with E-state index >= 15 is 0 Å². The molecule has 3 heteroatoms. The summed E-state index contributed by atoms with van der Waals surface area (Å²) in [7, 11) is 3.57. The molecule has 0 aromatic heterocycles. The van der Waals surface area contributed by atoms with Crippen molar-refractivity contribution in [3.8, 4) is 5.75 Å². The van der Waals surface area contributed by atoms with Crippen LogP contribution in [0.5, 0.6) is 5.75 Å². The Bertz CT molecular complexity index is 297. The summed E-state index contributed by atoms with van der Waals surface area (Å²) in [5, 5.41) is 3.90. The minimum Gasteiger partial charge on any atom is -0.495 e. The smallest absolute Gasteiger partial charge is 0.137 e. The van der Waals surface area contributed by atoms with Gasteiger partial charge in [0.2, 0.25) is 0 Å². The lowest BCUT2D eigenvalue weighted by molar-refractivity contribution is 0.414. The molecule has 0 aliphatic rings. The third-order valence-corrected chi connectivity index (χ3v) is 2.63. The summed E-state index contributed by atoms with van der Waals surface area (Å²) in [6.07, 6.45) is 1.04. The standard InChI is InChI=1S/C11H16ClNO/c1-4-10(13-2)8-5-6-11(14-3)9(12)7-8/h5-7,10,13H,4H2,1-3H3. The van der Waals surface area contributed by atoms with Crippen molar-refractivity contribution in [2.75, 3.05) is 14.2 Å². The molecule has 78 valence electrons. The topological polar surface area (TPSA) is 21.3 Å². The maximum absolute atomic E-state index is 6.03. The molecule has 1 atom stereocenters. The number of hydrogen-bond acceptors (Lipinski definition) is 2. The van der Waals surface area contributed by atoms with E-state index in [2.05, 4.69) is 12.2 Å². The zero-order valence-electron chi connectivity index (χ0n) is 8.80. The van der Waals surface area contributed by atoms with Crippen molar-refractivity contribution in [1.82, 2.24) is 5.32 Å². The lowest BCUT2D eigenvalue weighted by Crippen LogP contribution is -2.15. The van der Waals surface area contributed by atoms with Crippen LogP contribution in [0, 0.1) is 0 Å². The van der Waals surface area contributed by atoms with Gasteiger partial charge in [0.1, 0.15) is 5.75 Å². The summed E-state index contributed by atoms with van der Waals surface area (Å²) in [6, 6.07) is 6.25. The van der Waals surface area contributed by atoms with Gasteiger partial charge >= 0.3 is 0 Å². The molecule has 0 aliphatic heterocycles. The molecule has 0 aliphatic carbocycles. The maximum atomic E-state index is 6.03. The van der Waals surface area contributed by atoms with Gasteiger partial charge in [0.25, 0.3) is 0 Å². The third kappa shape index (κ3) is 2.40. The summed E-state index contributed by atoms with van der Waals surface area (Å²) in [6.45, 7) is 2.14. The fourth-order valence-electron chi connectivity index (χ4n) is 1.51. The van der Waals surface area contributed by atoms with E-state index in [1.807, 2.05) is 25.2 Å². The van der Waals surface area contributed by atoms with Gasteiger partial charge in [-0.1, -0.05) is 24.6 Å². The fraction of sp³-hybridized carbons (Fsp3) is 0.455. The molecule has 0 fully saturated rings. The van der Waals surface area contributed by atoms with Crippen LogP contribution in [-0.2, 0) is 0 Å². The van der Waals surface area contributed by atoms with Crippen LogP contribution in [0.15, 0.2) is 18.2 Å². The predicted molar refractivity (Wildman–Crippen MR) is 60.1 cm³/mol. The molecule has 0 radical (unpaired) electrons. The number of rotatable bonds is 4. The lowest BCUT2D eigenvalue weighted by Gasteiger charge is -2.15. The Balaban J connectivity index is 2.95. The SMILES string of the molecule is CCC(NC)c1ccc(OC)c(Cl)c1. The lowest BCUT2D eigenvalue weighted by atomic mass is 10.0. The van der Waals surface area contributed by atoms with Gasteiger partial charge in [0, 0.05) is 6.04 Å². The number of nitrogens with one attached hydrogen (secondary N) is 1. The fourth-order valence-corrected chi connectivity index (χ4v) is 1.77. The van der Waals surface area contributed by atoms with Gasteiger partial charge in [0.15, 0.2) is 0 Å². The van der Waals surface area contributed by atoms with E-state index in [-0.39, 0.29) is 0 Å². The summed E-state index contributed by atoms with van der Waals surface area (Å²) >= 11 is 6.03. The van der Waals surface area contributed by atoms with E-state index in [1.54, 1.807) is 7.11 Å². The second kappa shape index (κ2) is 5.23. The third-order valence-electron chi connectivity index (χ3n) is 2.33. The van der Waals surface area contributed by atoms with E-state index in [0.29, 0.717) is 11.1 Å². The molecular weight excluding hydrogens is 198 g/mol. The predicted octanol–water partition coefficient (Wildman–Crippen LogP) is 3.02. The van der Waals surface area contributed by atoms with Crippen LogP contribution in [0.3, 0.4) is 0 Å². The number of hydrogen-bond donors (Lipinski definition) is 1. The Labute approximate surface area is 90.2 Å². The van der Waals surface area contributed by atoms with Gasteiger partial charge in [-0.3, -0.25) is 0 Å². The van der Waals surface area contributed by atoms with E-state index < -0.39 is 0 Å². The number of halogens is 1. The molecule has 2 nitrogen and oxygen atoms in total. The number of benzene rings is 1. The number of methoxy groups -OCH3 is 1. The monoisotopic (exact) mass is 213 g/mol. The van der Waals surface area contributed by atoms with Crippen LogP contribution in [0.1, 0.15) is 24.9 Å². The Kier molecular flexibility index (Phi) is 4.23. The summed E-state index contributed by atoms with van der Waals surface area (Å²) in [5.41, 5.74) is 1.20. The summed E-state index contributed by atoms with van der Waals surface area (Å²) in [5.74, 6) is 0.723. The van der Waals surface area contributed by atoms with E-state index in [0.717, 1.165) is 12.2 Å². The first-order valence-corrected chi connectivity index (χ1v) is 5.11. The first kappa shape index (κ1) is 11.3. The largest absolute Gasteiger partial charge is 0.495 e. The summed E-state index contributed by atoms with van der Waals surface area (Å²) < 4.78 is 5.09. The molecule has 0 heterocycles. The second-order valence-corrected chi connectivity index (χ2v) is 3.55. The molecule has 0 saturated carbocycles. The van der Waals surface area contributed by atoms with E-state index in [1.165, 1.54) is 5.56 Å². The van der Waals surface area contributed by atoms with E-state index in [4.69, 9.17) is 16.3 Å². The molecule has 1 rings (SSSR count). The molecule has 0 spiro atoms. The van der Waals surface area contributed by atoms with Crippen molar-refractivity contribution in [2.24, 2.45) is 0 Å². The Morgan fingerprint density at radius 2 is 2.21 bits per heavy atom. The van der Waals surface area contributed by atoms with E-state index in [9.17, 15) is 0 Å². The Morgan fingerprint density at radius 3 is 2.64 bits per heavy atom. The van der Waals surface area contributed by atoms with Crippen LogP contribution >= 0.6 is 11.6 Å². The Hall–Kier alpha value is -0.730. The average Bonchev–Trinajstić information content (AvgIpc) is 2.20. The summed E-state index contributed by atoms with van der Waals surface area (Å²) in [4.78, 5) is 0. The molecule has 0 saturated heterocycles. The van der Waals surface area contributed by atoms with Gasteiger partial charge in [-0.25, -0.2) is 0 Å². The molecule has 1 aromatic rings. The minimum absolute atomic E-state index is 0.360. The Morgan fingerprint density at radius 1 is 1.50 bits per heavy atom. The first-order valence-electron chi connectivity index (χ1n) is 4.73. The van der Waals surface area contributed by atoms with Crippen molar-refractivity contribution in [1.29, 1.82) is 0 Å². The second-order valence-electron chi connectivity index (χ2n) is 3.14. The molecule has 0 bridgehead atoms. The molecule has 1 unspecified atom stereocenters. The van der Waals surface area contributed by atoms with Crippen LogP contribution in [0.25, 0.3) is 0 Å². The molecule has 1 N–H and O–H groups in total. The van der Waals surface area contributed by atoms with Gasteiger partial charge in [-0.15, -0.1) is 0 Å². The molecule has 0 amide bonds. The molecule has 14 heavy (non-hydrogen) atoms. The van der Waals surface area contributed by atoms with Gasteiger partial charge in [-0.05, 0) is 31.2 Å². The van der Waals surface area contributed by atoms with Crippen LogP contribution in [0.4, 0.5) is 0 Å². The van der Waals surface area contributed by atoms with Gasteiger partial charge in [0.05, 0.1) is 12.1 Å². The van der Waals surface area contributed by atoms with Gasteiger partial charge < -0.3 is 10.1 Å². The van der Waals surface area contributed by atoms with Crippen molar-refractivity contribution in [3.05, 3.63) is 28.8 Å². The van der Waals surface area contributed by atoms with Crippen molar-refractivity contribution in [2.45, 2.75) is 19.4 Å². The number of ether oxygens (including phenoxy) is 1. The molecular formula is C11H16ClNO.